The molecule has 0 N–H and O–H groups in total. The maximum atomic E-state index is 13.0. The van der Waals surface area contributed by atoms with Crippen LogP contribution in [0.1, 0.15) is 16.9 Å². The molecule has 2 heterocycles. The van der Waals surface area contributed by atoms with E-state index in [-0.39, 0.29) is 5.91 Å². The van der Waals surface area contributed by atoms with Gasteiger partial charge in [0.15, 0.2) is 4.32 Å². The molecule has 0 bridgehead atoms. The largest absolute Gasteiger partial charge is 0.457 e. The Labute approximate surface area is 188 Å². The molecule has 7 heteroatoms. The smallest absolute Gasteiger partial charge is 0.270 e. The van der Waals surface area contributed by atoms with Crippen molar-refractivity contribution < 1.29 is 9.21 Å². The number of benzene rings is 2. The van der Waals surface area contributed by atoms with E-state index in [0.717, 1.165) is 16.8 Å². The molecular formula is C22H15Cl2NO2S2. The summed E-state index contributed by atoms with van der Waals surface area (Å²) >= 11 is 19.1. The van der Waals surface area contributed by atoms with Crippen LogP contribution >= 0.6 is 47.2 Å². The lowest BCUT2D eigenvalue weighted by Gasteiger charge is -2.15. The van der Waals surface area contributed by atoms with Crippen LogP contribution < -0.4 is 4.90 Å². The Hall–Kier alpha value is -2.05. The molecule has 0 radical (unpaired) electrons. The molecule has 1 aliphatic heterocycles. The van der Waals surface area contributed by atoms with E-state index in [1.165, 1.54) is 11.8 Å². The van der Waals surface area contributed by atoms with Gasteiger partial charge in [0.2, 0.25) is 0 Å². The average molecular weight is 460 g/mol. The molecule has 29 heavy (non-hydrogen) atoms. The molecule has 4 rings (SSSR count). The van der Waals surface area contributed by atoms with E-state index in [1.54, 1.807) is 35.2 Å². The molecule has 0 aliphatic carbocycles. The first kappa shape index (κ1) is 20.2. The number of hydrogen-bond donors (Lipinski definition) is 0. The molecule has 0 unspecified atom stereocenters. The van der Waals surface area contributed by atoms with Crippen LogP contribution in [0, 0.1) is 13.8 Å². The minimum atomic E-state index is -0.165. The van der Waals surface area contributed by atoms with Gasteiger partial charge in [-0.25, -0.2) is 0 Å². The molecular weight excluding hydrogens is 445 g/mol. The van der Waals surface area contributed by atoms with Crippen molar-refractivity contribution in [3.05, 3.63) is 80.4 Å². The number of furan rings is 1. The first-order valence-corrected chi connectivity index (χ1v) is 10.7. The molecule has 1 fully saturated rings. The molecule has 0 atom stereocenters. The number of carbonyl (C=O) groups excluding carboxylic acids is 1. The van der Waals surface area contributed by atoms with Gasteiger partial charge >= 0.3 is 0 Å². The van der Waals surface area contributed by atoms with E-state index < -0.39 is 0 Å². The van der Waals surface area contributed by atoms with Crippen molar-refractivity contribution in [1.29, 1.82) is 0 Å². The van der Waals surface area contributed by atoms with Gasteiger partial charge in [-0.2, -0.15) is 0 Å². The Balaban J connectivity index is 1.63. The summed E-state index contributed by atoms with van der Waals surface area (Å²) in [5, 5.41) is 0.882. The topological polar surface area (TPSA) is 33.5 Å². The quantitative estimate of drug-likeness (QED) is 0.304. The molecule has 2 aromatic carbocycles. The van der Waals surface area contributed by atoms with Crippen molar-refractivity contribution in [2.45, 2.75) is 13.8 Å². The van der Waals surface area contributed by atoms with Crippen molar-refractivity contribution in [3.63, 3.8) is 0 Å². The van der Waals surface area contributed by atoms with Crippen LogP contribution in [0.25, 0.3) is 17.4 Å². The monoisotopic (exact) mass is 459 g/mol. The fourth-order valence-electron chi connectivity index (χ4n) is 2.95. The number of hydrogen-bond acceptors (Lipinski definition) is 4. The van der Waals surface area contributed by atoms with Crippen LogP contribution in [-0.2, 0) is 4.79 Å². The van der Waals surface area contributed by atoms with E-state index in [0.29, 0.717) is 36.4 Å². The normalized spacial score (nSPS) is 15.6. The molecule has 3 nitrogen and oxygen atoms in total. The number of amides is 1. The first-order chi connectivity index (χ1) is 13.8. The number of carbonyl (C=O) groups is 1. The number of rotatable bonds is 3. The Morgan fingerprint density at radius 2 is 1.86 bits per heavy atom. The van der Waals surface area contributed by atoms with Crippen molar-refractivity contribution in [1.82, 2.24) is 0 Å². The molecule has 0 saturated carbocycles. The predicted molar refractivity (Wildman–Crippen MR) is 126 cm³/mol. The van der Waals surface area contributed by atoms with Crippen molar-refractivity contribution >= 4 is 69.2 Å². The average Bonchev–Trinajstić information content (AvgIpc) is 3.25. The van der Waals surface area contributed by atoms with Crippen LogP contribution in [0.4, 0.5) is 5.69 Å². The van der Waals surface area contributed by atoms with Crippen LogP contribution in [0.5, 0.6) is 0 Å². The molecule has 1 aromatic heterocycles. The third kappa shape index (κ3) is 3.88. The van der Waals surface area contributed by atoms with Crippen molar-refractivity contribution in [2.75, 3.05) is 4.90 Å². The Morgan fingerprint density at radius 1 is 1.07 bits per heavy atom. The highest BCUT2D eigenvalue weighted by molar-refractivity contribution is 8.27. The van der Waals surface area contributed by atoms with Gasteiger partial charge in [-0.3, -0.25) is 9.69 Å². The van der Waals surface area contributed by atoms with Crippen LogP contribution in [-0.4, -0.2) is 10.2 Å². The summed E-state index contributed by atoms with van der Waals surface area (Å²) < 4.78 is 6.37. The van der Waals surface area contributed by atoms with E-state index in [9.17, 15) is 4.79 Å². The van der Waals surface area contributed by atoms with Crippen LogP contribution in [0.3, 0.4) is 0 Å². The van der Waals surface area contributed by atoms with Gasteiger partial charge in [-0.05, 0) is 61.4 Å². The minimum absolute atomic E-state index is 0.165. The van der Waals surface area contributed by atoms with Crippen molar-refractivity contribution in [2.24, 2.45) is 0 Å². The van der Waals surface area contributed by atoms with E-state index in [4.69, 9.17) is 39.8 Å². The highest BCUT2D eigenvalue weighted by Crippen LogP contribution is 2.38. The zero-order valence-corrected chi connectivity index (χ0v) is 18.7. The number of anilines is 1. The maximum Gasteiger partial charge on any atom is 0.270 e. The summed E-state index contributed by atoms with van der Waals surface area (Å²) in [6, 6.07) is 14.8. The van der Waals surface area contributed by atoms with Gasteiger partial charge in [0.25, 0.3) is 5.91 Å². The number of halogens is 2. The summed E-state index contributed by atoms with van der Waals surface area (Å²) in [6.45, 7) is 4.04. The third-order valence-electron chi connectivity index (χ3n) is 4.66. The van der Waals surface area contributed by atoms with Gasteiger partial charge in [0, 0.05) is 11.6 Å². The van der Waals surface area contributed by atoms with Gasteiger partial charge in [-0.1, -0.05) is 59.3 Å². The lowest BCUT2D eigenvalue weighted by molar-refractivity contribution is -0.113. The number of thioether (sulfide) groups is 1. The highest BCUT2D eigenvalue weighted by atomic mass is 35.5. The molecule has 0 spiro atoms. The molecule has 1 aliphatic rings. The fraction of sp³-hybridized carbons (Fsp3) is 0.0909. The second-order valence-electron chi connectivity index (χ2n) is 6.59. The third-order valence-corrected chi connectivity index (χ3v) is 6.78. The zero-order valence-electron chi connectivity index (χ0n) is 15.5. The lowest BCUT2D eigenvalue weighted by Crippen LogP contribution is -2.27. The minimum Gasteiger partial charge on any atom is -0.457 e. The maximum absolute atomic E-state index is 13.0. The SMILES string of the molecule is Cc1ccc(N2C(=O)/C(=C\c3ccc(-c4cccc(Cl)c4Cl)o3)SC2=S)cc1C. The van der Waals surface area contributed by atoms with Gasteiger partial charge < -0.3 is 4.42 Å². The standard InChI is InChI=1S/C22H15Cl2NO2S2/c1-12-6-7-14(10-13(12)2)25-21(26)19(29-22(25)28)11-15-8-9-18(27-15)16-4-3-5-17(23)20(16)24/h3-11H,1-2H3/b19-11+. The second kappa shape index (κ2) is 8.00. The lowest BCUT2D eigenvalue weighted by atomic mass is 10.1. The number of thiocarbonyl (C=S) groups is 1. The summed E-state index contributed by atoms with van der Waals surface area (Å²) in [4.78, 5) is 15.0. The summed E-state index contributed by atoms with van der Waals surface area (Å²) in [6.07, 6.45) is 1.70. The Kier molecular flexibility index (Phi) is 5.58. The van der Waals surface area contributed by atoms with Crippen molar-refractivity contribution in [3.8, 4) is 11.3 Å². The number of nitrogens with zero attached hydrogens (tertiary/aromatic N) is 1. The molecule has 146 valence electrons. The molecule has 1 amide bonds. The van der Waals surface area contributed by atoms with E-state index >= 15 is 0 Å². The summed E-state index contributed by atoms with van der Waals surface area (Å²) in [5.74, 6) is 0.951. The van der Waals surface area contributed by atoms with Gasteiger partial charge in [0.1, 0.15) is 11.5 Å². The molecule has 3 aromatic rings. The fourth-order valence-corrected chi connectivity index (χ4v) is 4.63. The van der Waals surface area contributed by atoms with Gasteiger partial charge in [-0.15, -0.1) is 0 Å². The Bertz CT molecular complexity index is 1180. The molecule has 1 saturated heterocycles. The van der Waals surface area contributed by atoms with Crippen LogP contribution in [0.15, 0.2) is 57.9 Å². The summed E-state index contributed by atoms with van der Waals surface area (Å²) in [5.41, 5.74) is 3.73. The van der Waals surface area contributed by atoms with E-state index in [1.807, 2.05) is 38.1 Å². The van der Waals surface area contributed by atoms with Gasteiger partial charge in [0.05, 0.1) is 20.6 Å². The second-order valence-corrected chi connectivity index (χ2v) is 9.05. The Morgan fingerprint density at radius 3 is 2.62 bits per heavy atom. The van der Waals surface area contributed by atoms with E-state index in [2.05, 4.69) is 0 Å². The summed E-state index contributed by atoms with van der Waals surface area (Å²) in [7, 11) is 0. The van der Waals surface area contributed by atoms with Crippen LogP contribution in [0.2, 0.25) is 10.0 Å². The zero-order chi connectivity index (χ0) is 20.7. The predicted octanol–water partition coefficient (Wildman–Crippen LogP) is 7.28. The highest BCUT2D eigenvalue weighted by Gasteiger charge is 2.33. The first-order valence-electron chi connectivity index (χ1n) is 8.74. The number of aryl methyl sites for hydroxylation is 2.